The standard InChI is InChI=1S/C24H30N6O2/c1-18(28-12-14-29(15-13-28)20-8-4-3-5-9-20)16-25-23(31)27-21-10-6-7-11-22(21)30-19(2)17-26-24(30)32/h3-11,17-18H,12-16H2,1-2H3,(H,26,32)(H2,25,27,31). The number of piperazine rings is 1. The molecule has 32 heavy (non-hydrogen) atoms. The molecule has 1 unspecified atom stereocenters. The number of aryl methyl sites for hydroxylation is 1. The van der Waals surface area contributed by atoms with Gasteiger partial charge in [-0.15, -0.1) is 0 Å². The molecule has 2 heterocycles. The van der Waals surface area contributed by atoms with Crippen LogP contribution >= 0.6 is 0 Å². The third kappa shape index (κ3) is 4.86. The highest BCUT2D eigenvalue weighted by atomic mass is 16.2. The van der Waals surface area contributed by atoms with E-state index in [4.69, 9.17) is 0 Å². The number of H-pyrrole nitrogens is 1. The Morgan fingerprint density at radius 1 is 1.03 bits per heavy atom. The summed E-state index contributed by atoms with van der Waals surface area (Å²) >= 11 is 0. The highest BCUT2D eigenvalue weighted by Crippen LogP contribution is 2.20. The Kier molecular flexibility index (Phi) is 6.61. The van der Waals surface area contributed by atoms with E-state index in [2.05, 4.69) is 56.6 Å². The van der Waals surface area contributed by atoms with Crippen molar-refractivity contribution < 1.29 is 4.79 Å². The van der Waals surface area contributed by atoms with Gasteiger partial charge in [0.05, 0.1) is 11.4 Å². The second kappa shape index (κ2) is 9.74. The number of hydrogen-bond donors (Lipinski definition) is 3. The highest BCUT2D eigenvalue weighted by Gasteiger charge is 2.21. The van der Waals surface area contributed by atoms with Crippen LogP contribution in [0.5, 0.6) is 0 Å². The third-order valence-electron chi connectivity index (χ3n) is 5.97. The number of anilines is 2. The number of urea groups is 1. The fourth-order valence-corrected chi connectivity index (χ4v) is 4.12. The van der Waals surface area contributed by atoms with Gasteiger partial charge in [0.2, 0.25) is 0 Å². The first kappa shape index (κ1) is 21.7. The lowest BCUT2D eigenvalue weighted by Crippen LogP contribution is -2.52. The predicted molar refractivity (Wildman–Crippen MR) is 128 cm³/mol. The zero-order valence-corrected chi connectivity index (χ0v) is 18.5. The molecule has 1 saturated heterocycles. The Labute approximate surface area is 187 Å². The minimum Gasteiger partial charge on any atom is -0.369 e. The van der Waals surface area contributed by atoms with Gasteiger partial charge in [-0.25, -0.2) is 9.59 Å². The van der Waals surface area contributed by atoms with Crippen LogP contribution in [0.4, 0.5) is 16.2 Å². The molecule has 1 atom stereocenters. The van der Waals surface area contributed by atoms with Gasteiger partial charge in [-0.3, -0.25) is 9.47 Å². The fraction of sp³-hybridized carbons (Fsp3) is 0.333. The normalized spacial score (nSPS) is 15.4. The van der Waals surface area contributed by atoms with Crippen molar-refractivity contribution in [3.63, 3.8) is 0 Å². The molecule has 1 aliphatic rings. The molecule has 3 N–H and O–H groups in total. The van der Waals surface area contributed by atoms with Crippen LogP contribution in [0, 0.1) is 6.92 Å². The van der Waals surface area contributed by atoms with Crippen molar-refractivity contribution in [3.8, 4) is 5.69 Å². The summed E-state index contributed by atoms with van der Waals surface area (Å²) < 4.78 is 1.55. The lowest BCUT2D eigenvalue weighted by molar-refractivity contribution is 0.192. The maximum absolute atomic E-state index is 12.6. The zero-order chi connectivity index (χ0) is 22.5. The van der Waals surface area contributed by atoms with E-state index in [9.17, 15) is 9.59 Å². The Bertz CT molecular complexity index is 1100. The number of amides is 2. The number of aromatic nitrogens is 2. The van der Waals surface area contributed by atoms with Crippen molar-refractivity contribution in [1.82, 2.24) is 19.8 Å². The lowest BCUT2D eigenvalue weighted by Gasteiger charge is -2.39. The van der Waals surface area contributed by atoms with Gasteiger partial charge in [0.15, 0.2) is 0 Å². The fourth-order valence-electron chi connectivity index (χ4n) is 4.12. The van der Waals surface area contributed by atoms with Crippen molar-refractivity contribution in [1.29, 1.82) is 0 Å². The highest BCUT2D eigenvalue weighted by molar-refractivity contribution is 5.91. The molecule has 0 spiro atoms. The van der Waals surface area contributed by atoms with Gasteiger partial charge in [0.25, 0.3) is 0 Å². The Balaban J connectivity index is 1.30. The number of benzene rings is 2. The molecule has 0 aliphatic carbocycles. The molecule has 0 radical (unpaired) electrons. The number of nitrogens with zero attached hydrogens (tertiary/aromatic N) is 3. The molecule has 2 aromatic carbocycles. The van der Waals surface area contributed by atoms with E-state index in [1.54, 1.807) is 16.8 Å². The number of nitrogens with one attached hydrogen (secondary N) is 3. The van der Waals surface area contributed by atoms with Crippen LogP contribution in [-0.2, 0) is 0 Å². The number of rotatable bonds is 6. The molecule has 1 aromatic heterocycles. The summed E-state index contributed by atoms with van der Waals surface area (Å²) in [6, 6.07) is 17.7. The maximum atomic E-state index is 12.6. The minimum atomic E-state index is -0.284. The Hall–Kier alpha value is -3.52. The van der Waals surface area contributed by atoms with Gasteiger partial charge >= 0.3 is 11.7 Å². The lowest BCUT2D eigenvalue weighted by atomic mass is 10.2. The summed E-state index contributed by atoms with van der Waals surface area (Å²) in [5.41, 5.74) is 3.01. The van der Waals surface area contributed by atoms with Crippen LogP contribution in [0.25, 0.3) is 5.69 Å². The summed E-state index contributed by atoms with van der Waals surface area (Å²) in [5.74, 6) is 0. The molecule has 1 aliphatic heterocycles. The largest absolute Gasteiger partial charge is 0.369 e. The summed E-state index contributed by atoms with van der Waals surface area (Å²) in [6.45, 7) is 8.37. The average Bonchev–Trinajstić information content (AvgIpc) is 3.16. The van der Waals surface area contributed by atoms with Gasteiger partial charge in [0.1, 0.15) is 0 Å². The number of carbonyl (C=O) groups is 1. The van der Waals surface area contributed by atoms with Gasteiger partial charge in [-0.05, 0) is 38.1 Å². The second-order valence-electron chi connectivity index (χ2n) is 8.13. The SMILES string of the molecule is Cc1c[nH]c(=O)n1-c1ccccc1NC(=O)NCC(C)N1CCN(c2ccccc2)CC1. The first-order valence-electron chi connectivity index (χ1n) is 11.0. The molecule has 1 fully saturated rings. The molecular weight excluding hydrogens is 404 g/mol. The van der Waals surface area contributed by atoms with Crippen molar-refractivity contribution in [2.45, 2.75) is 19.9 Å². The number of para-hydroxylation sites is 3. The van der Waals surface area contributed by atoms with Crippen molar-refractivity contribution in [2.75, 3.05) is 42.9 Å². The van der Waals surface area contributed by atoms with E-state index >= 15 is 0 Å². The van der Waals surface area contributed by atoms with Crippen molar-refractivity contribution in [3.05, 3.63) is 77.0 Å². The number of imidazole rings is 1. The second-order valence-corrected chi connectivity index (χ2v) is 8.13. The molecule has 0 saturated carbocycles. The van der Waals surface area contributed by atoms with Crippen LogP contribution in [-0.4, -0.2) is 59.2 Å². The summed E-state index contributed by atoms with van der Waals surface area (Å²) in [6.07, 6.45) is 1.65. The van der Waals surface area contributed by atoms with Crippen LogP contribution in [0.3, 0.4) is 0 Å². The van der Waals surface area contributed by atoms with Crippen LogP contribution in [0.2, 0.25) is 0 Å². The quantitative estimate of drug-likeness (QED) is 0.557. The predicted octanol–water partition coefficient (Wildman–Crippen LogP) is 2.81. The molecule has 3 aromatic rings. The first-order valence-corrected chi connectivity index (χ1v) is 11.0. The van der Waals surface area contributed by atoms with E-state index in [-0.39, 0.29) is 17.8 Å². The summed E-state index contributed by atoms with van der Waals surface area (Å²) in [5, 5.41) is 5.86. The van der Waals surface area contributed by atoms with E-state index in [1.807, 2.05) is 31.2 Å². The number of hydrogen-bond acceptors (Lipinski definition) is 4. The molecule has 4 rings (SSSR count). The van der Waals surface area contributed by atoms with Crippen molar-refractivity contribution >= 4 is 17.4 Å². The molecule has 8 nitrogen and oxygen atoms in total. The average molecular weight is 435 g/mol. The number of carbonyl (C=O) groups excluding carboxylic acids is 1. The van der Waals surface area contributed by atoms with Gasteiger partial charge in [0, 0.05) is 56.3 Å². The molecule has 2 amide bonds. The first-order chi connectivity index (χ1) is 15.5. The number of aromatic amines is 1. The summed E-state index contributed by atoms with van der Waals surface area (Å²) in [7, 11) is 0. The van der Waals surface area contributed by atoms with E-state index in [1.165, 1.54) is 5.69 Å². The van der Waals surface area contributed by atoms with Crippen LogP contribution in [0.1, 0.15) is 12.6 Å². The monoisotopic (exact) mass is 434 g/mol. The van der Waals surface area contributed by atoms with Crippen LogP contribution < -0.4 is 21.2 Å². The smallest absolute Gasteiger partial charge is 0.330 e. The molecule has 168 valence electrons. The van der Waals surface area contributed by atoms with E-state index in [0.717, 1.165) is 31.9 Å². The van der Waals surface area contributed by atoms with Gasteiger partial charge in [-0.2, -0.15) is 0 Å². The van der Waals surface area contributed by atoms with E-state index < -0.39 is 0 Å². The van der Waals surface area contributed by atoms with Gasteiger partial charge in [-0.1, -0.05) is 30.3 Å². The summed E-state index contributed by atoms with van der Waals surface area (Å²) in [4.78, 5) is 32.2. The molecular formula is C24H30N6O2. The minimum absolute atomic E-state index is 0.225. The Morgan fingerprint density at radius 3 is 2.41 bits per heavy atom. The van der Waals surface area contributed by atoms with E-state index in [0.29, 0.717) is 17.9 Å². The maximum Gasteiger partial charge on any atom is 0.330 e. The zero-order valence-electron chi connectivity index (χ0n) is 18.5. The molecule has 8 heteroatoms. The van der Waals surface area contributed by atoms with Crippen LogP contribution in [0.15, 0.2) is 65.6 Å². The Morgan fingerprint density at radius 2 is 1.72 bits per heavy atom. The van der Waals surface area contributed by atoms with Crippen molar-refractivity contribution in [2.24, 2.45) is 0 Å². The molecule has 0 bridgehead atoms. The van der Waals surface area contributed by atoms with Gasteiger partial charge < -0.3 is 20.5 Å². The third-order valence-corrected chi connectivity index (χ3v) is 5.97. The topological polar surface area (TPSA) is 85.4 Å².